The normalized spacial score (nSPS) is 19.0. The maximum absolute atomic E-state index is 13.1. The average Bonchev–Trinajstić information content (AvgIpc) is 2.70. The van der Waals surface area contributed by atoms with Gasteiger partial charge in [0.05, 0.1) is 6.04 Å². The van der Waals surface area contributed by atoms with Gasteiger partial charge in [-0.15, -0.1) is 0 Å². The first kappa shape index (κ1) is 21.7. The second-order valence-electron chi connectivity index (χ2n) is 8.77. The second kappa shape index (κ2) is 10.1. The summed E-state index contributed by atoms with van der Waals surface area (Å²) >= 11 is 0. The summed E-state index contributed by atoms with van der Waals surface area (Å²) in [6.07, 6.45) is 7.40. The van der Waals surface area contributed by atoms with Crippen LogP contribution in [0.25, 0.3) is 0 Å². The first-order chi connectivity index (χ1) is 12.9. The Morgan fingerprint density at radius 2 is 1.85 bits per heavy atom. The molecule has 1 saturated heterocycles. The summed E-state index contributed by atoms with van der Waals surface area (Å²) in [6.45, 7) is 9.21. The zero-order chi connectivity index (χ0) is 19.9. The molecule has 1 aliphatic heterocycles. The smallest absolute Gasteiger partial charge is 0.226 e. The zero-order valence-corrected chi connectivity index (χ0v) is 17.7. The van der Waals surface area contributed by atoms with Gasteiger partial charge in [-0.3, -0.25) is 9.59 Å². The third-order valence-corrected chi connectivity index (χ3v) is 6.59. The SMILES string of the molecule is CCC(C)(C)C(C)C(=O)N1CCCCC1C(=O)CCCCc1ccccc1. The standard InChI is InChI=1S/C24H37NO2/c1-5-24(3,4)19(2)23(27)25-18-12-11-16-21(25)22(26)17-10-9-15-20-13-7-6-8-14-20/h6-8,13-14,19,21H,5,9-12,15-18H2,1-4H3. The van der Waals surface area contributed by atoms with Crippen molar-refractivity contribution < 1.29 is 9.59 Å². The van der Waals surface area contributed by atoms with Gasteiger partial charge >= 0.3 is 0 Å². The Kier molecular flexibility index (Phi) is 8.07. The first-order valence-electron chi connectivity index (χ1n) is 10.7. The van der Waals surface area contributed by atoms with E-state index < -0.39 is 0 Å². The summed E-state index contributed by atoms with van der Waals surface area (Å²) in [6, 6.07) is 10.2. The fourth-order valence-corrected chi connectivity index (χ4v) is 3.86. The van der Waals surface area contributed by atoms with Crippen LogP contribution in [0.4, 0.5) is 0 Å². The third kappa shape index (κ3) is 5.92. The molecule has 0 aliphatic carbocycles. The summed E-state index contributed by atoms with van der Waals surface area (Å²) < 4.78 is 0. The molecule has 2 atom stereocenters. The van der Waals surface area contributed by atoms with Gasteiger partial charge in [0.15, 0.2) is 5.78 Å². The molecule has 1 fully saturated rings. The number of carbonyl (C=O) groups excluding carboxylic acids is 2. The lowest BCUT2D eigenvalue weighted by Crippen LogP contribution is -2.51. The number of hydrogen-bond acceptors (Lipinski definition) is 2. The molecule has 3 heteroatoms. The number of ketones is 1. The number of Topliss-reactive ketones (excluding diaryl/α,β-unsaturated/α-hetero) is 1. The van der Waals surface area contributed by atoms with Crippen LogP contribution in [0.15, 0.2) is 30.3 Å². The Balaban J connectivity index is 1.89. The molecular formula is C24H37NO2. The minimum atomic E-state index is -0.196. The lowest BCUT2D eigenvalue weighted by Gasteiger charge is -2.40. The molecule has 2 rings (SSSR count). The summed E-state index contributed by atoms with van der Waals surface area (Å²) in [5, 5.41) is 0. The molecule has 0 radical (unpaired) electrons. The van der Waals surface area contributed by atoms with Crippen molar-refractivity contribution in [3.63, 3.8) is 0 Å². The van der Waals surface area contributed by atoms with E-state index in [0.717, 1.165) is 51.5 Å². The zero-order valence-electron chi connectivity index (χ0n) is 17.7. The molecule has 1 heterocycles. The minimum Gasteiger partial charge on any atom is -0.332 e. The van der Waals surface area contributed by atoms with E-state index in [1.165, 1.54) is 5.56 Å². The molecular weight excluding hydrogens is 334 g/mol. The number of piperidine rings is 1. The van der Waals surface area contributed by atoms with Crippen LogP contribution in [0, 0.1) is 11.3 Å². The van der Waals surface area contributed by atoms with E-state index in [0.29, 0.717) is 6.42 Å². The van der Waals surface area contributed by atoms with Crippen LogP contribution in [-0.2, 0) is 16.0 Å². The molecule has 0 aromatic heterocycles. The first-order valence-corrected chi connectivity index (χ1v) is 10.7. The fraction of sp³-hybridized carbons (Fsp3) is 0.667. The predicted molar refractivity (Wildman–Crippen MR) is 112 cm³/mol. The number of likely N-dealkylation sites (tertiary alicyclic amines) is 1. The molecule has 3 nitrogen and oxygen atoms in total. The summed E-state index contributed by atoms with van der Waals surface area (Å²) in [5.41, 5.74) is 1.30. The summed E-state index contributed by atoms with van der Waals surface area (Å²) in [5.74, 6) is 0.385. The van der Waals surface area contributed by atoms with Crippen molar-refractivity contribution in [2.45, 2.75) is 85.1 Å². The van der Waals surface area contributed by atoms with Crippen LogP contribution >= 0.6 is 0 Å². The Morgan fingerprint density at radius 3 is 2.52 bits per heavy atom. The predicted octanol–water partition coefficient (Wildman–Crippen LogP) is 5.42. The molecule has 27 heavy (non-hydrogen) atoms. The van der Waals surface area contributed by atoms with Gasteiger partial charge in [0.2, 0.25) is 5.91 Å². The van der Waals surface area contributed by atoms with E-state index in [9.17, 15) is 9.59 Å². The highest BCUT2D eigenvalue weighted by Crippen LogP contribution is 2.33. The molecule has 1 aliphatic rings. The highest BCUT2D eigenvalue weighted by Gasteiger charge is 2.38. The average molecular weight is 372 g/mol. The molecule has 2 unspecified atom stereocenters. The number of carbonyl (C=O) groups is 2. The van der Waals surface area contributed by atoms with Crippen molar-refractivity contribution in [3.8, 4) is 0 Å². The van der Waals surface area contributed by atoms with Crippen molar-refractivity contribution in [3.05, 3.63) is 35.9 Å². The number of hydrogen-bond donors (Lipinski definition) is 0. The molecule has 0 saturated carbocycles. The Hall–Kier alpha value is -1.64. The van der Waals surface area contributed by atoms with E-state index in [4.69, 9.17) is 0 Å². The van der Waals surface area contributed by atoms with Crippen molar-refractivity contribution >= 4 is 11.7 Å². The highest BCUT2D eigenvalue weighted by atomic mass is 16.2. The van der Waals surface area contributed by atoms with Crippen molar-refractivity contribution in [2.75, 3.05) is 6.54 Å². The van der Waals surface area contributed by atoms with Gasteiger partial charge in [0, 0.05) is 18.9 Å². The van der Waals surface area contributed by atoms with E-state index in [-0.39, 0.29) is 29.1 Å². The summed E-state index contributed by atoms with van der Waals surface area (Å²) in [7, 11) is 0. The number of benzene rings is 1. The van der Waals surface area contributed by atoms with Crippen LogP contribution < -0.4 is 0 Å². The summed E-state index contributed by atoms with van der Waals surface area (Å²) in [4.78, 5) is 27.9. The van der Waals surface area contributed by atoms with Crippen LogP contribution in [0.1, 0.15) is 78.2 Å². The molecule has 0 spiro atoms. The van der Waals surface area contributed by atoms with Crippen molar-refractivity contribution in [1.29, 1.82) is 0 Å². The van der Waals surface area contributed by atoms with E-state index in [1.807, 2.05) is 17.9 Å². The minimum absolute atomic E-state index is 0.0299. The van der Waals surface area contributed by atoms with Crippen LogP contribution in [0.5, 0.6) is 0 Å². The van der Waals surface area contributed by atoms with Crippen molar-refractivity contribution in [1.82, 2.24) is 4.90 Å². The molecule has 1 aromatic carbocycles. The quantitative estimate of drug-likeness (QED) is 0.543. The number of unbranched alkanes of at least 4 members (excludes halogenated alkanes) is 1. The Morgan fingerprint density at radius 1 is 1.15 bits per heavy atom. The van der Waals surface area contributed by atoms with E-state index in [2.05, 4.69) is 45.0 Å². The Bertz CT molecular complexity index is 608. The lowest BCUT2D eigenvalue weighted by molar-refractivity contribution is -0.147. The van der Waals surface area contributed by atoms with Gasteiger partial charge in [-0.1, -0.05) is 64.4 Å². The molecule has 1 amide bonds. The van der Waals surface area contributed by atoms with Gasteiger partial charge in [0.1, 0.15) is 0 Å². The molecule has 0 N–H and O–H groups in total. The van der Waals surface area contributed by atoms with Gasteiger partial charge < -0.3 is 4.90 Å². The molecule has 0 bridgehead atoms. The Labute approximate surface area is 165 Å². The maximum atomic E-state index is 13.1. The van der Waals surface area contributed by atoms with Gasteiger partial charge in [-0.05, 0) is 49.5 Å². The van der Waals surface area contributed by atoms with Crippen LogP contribution in [0.2, 0.25) is 0 Å². The molecule has 1 aromatic rings. The highest BCUT2D eigenvalue weighted by molar-refractivity contribution is 5.90. The van der Waals surface area contributed by atoms with Crippen LogP contribution in [-0.4, -0.2) is 29.2 Å². The maximum Gasteiger partial charge on any atom is 0.226 e. The van der Waals surface area contributed by atoms with Crippen molar-refractivity contribution in [2.24, 2.45) is 11.3 Å². The van der Waals surface area contributed by atoms with E-state index >= 15 is 0 Å². The fourth-order valence-electron chi connectivity index (χ4n) is 3.86. The van der Waals surface area contributed by atoms with Gasteiger partial charge in [-0.2, -0.15) is 0 Å². The second-order valence-corrected chi connectivity index (χ2v) is 8.77. The van der Waals surface area contributed by atoms with E-state index in [1.54, 1.807) is 0 Å². The third-order valence-electron chi connectivity index (χ3n) is 6.59. The number of rotatable bonds is 9. The van der Waals surface area contributed by atoms with Gasteiger partial charge in [0.25, 0.3) is 0 Å². The van der Waals surface area contributed by atoms with Crippen LogP contribution in [0.3, 0.4) is 0 Å². The largest absolute Gasteiger partial charge is 0.332 e. The number of aryl methyl sites for hydroxylation is 1. The lowest BCUT2D eigenvalue weighted by atomic mass is 9.76. The molecule has 150 valence electrons. The number of amides is 1. The monoisotopic (exact) mass is 371 g/mol. The number of nitrogens with zero attached hydrogens (tertiary/aromatic N) is 1. The topological polar surface area (TPSA) is 37.4 Å². The van der Waals surface area contributed by atoms with Gasteiger partial charge in [-0.25, -0.2) is 0 Å².